The fourth-order valence-electron chi connectivity index (χ4n) is 2.85. The van der Waals surface area contributed by atoms with Gasteiger partial charge in [0.05, 0.1) is 9.83 Å². The van der Waals surface area contributed by atoms with E-state index in [-0.39, 0.29) is 36.6 Å². The maximum atomic E-state index is 12.4. The highest BCUT2D eigenvalue weighted by Gasteiger charge is 2.31. The summed E-state index contributed by atoms with van der Waals surface area (Å²) in [4.78, 5) is 3.46. The Morgan fingerprint density at radius 1 is 1.07 bits per heavy atom. The van der Waals surface area contributed by atoms with E-state index >= 15 is 0 Å². The first kappa shape index (κ1) is 25.0. The van der Waals surface area contributed by atoms with Crippen molar-refractivity contribution in [2.75, 3.05) is 26.2 Å². The lowest BCUT2D eigenvalue weighted by Crippen LogP contribution is -2.45. The summed E-state index contributed by atoms with van der Waals surface area (Å²) in [5.41, 5.74) is 0.942. The monoisotopic (exact) mass is 570 g/mol. The molecule has 1 fully saturated rings. The number of benzene rings is 1. The van der Waals surface area contributed by atoms with Crippen molar-refractivity contribution in [2.24, 2.45) is 0 Å². The summed E-state index contributed by atoms with van der Waals surface area (Å²) in [5, 5.41) is 3.32. The fraction of sp³-hybridized carbons (Fsp3) is 0.375. The first-order valence-electron chi connectivity index (χ1n) is 7.59. The maximum absolute atomic E-state index is 12.4. The van der Waals surface area contributed by atoms with Crippen LogP contribution in [0.5, 0.6) is 5.75 Å². The van der Waals surface area contributed by atoms with Gasteiger partial charge in [-0.05, 0) is 55.6 Å². The molecule has 2 aromatic rings. The fourth-order valence-corrected chi connectivity index (χ4v) is 5.10. The molecule has 152 valence electrons. The second-order valence-electron chi connectivity index (χ2n) is 5.58. The molecule has 0 spiro atoms. The third-order valence-corrected chi connectivity index (χ3v) is 7.19. The van der Waals surface area contributed by atoms with Crippen LogP contribution in [-0.2, 0) is 0 Å². The zero-order valence-corrected chi connectivity index (χ0v) is 19.4. The molecule has 0 radical (unpaired) electrons. The minimum atomic E-state index is -4.68. The molecule has 2 heterocycles. The molecule has 1 aliphatic rings. The molecule has 0 saturated carbocycles. The van der Waals surface area contributed by atoms with Gasteiger partial charge in [0.1, 0.15) is 5.75 Å². The molecule has 3 nitrogen and oxygen atoms in total. The predicted molar refractivity (Wildman–Crippen MR) is 114 cm³/mol. The van der Waals surface area contributed by atoms with Crippen molar-refractivity contribution in [3.63, 3.8) is 0 Å². The Bertz CT molecular complexity index is 706. The number of rotatable bonds is 4. The smallest absolute Gasteiger partial charge is 0.406 e. The molecular formula is C16H17Br2Cl2F3N2OS. The number of hydrogen-bond acceptors (Lipinski definition) is 4. The van der Waals surface area contributed by atoms with E-state index in [4.69, 9.17) is 0 Å². The molecule has 1 aromatic heterocycles. The predicted octanol–water partition coefficient (Wildman–Crippen LogP) is 6.01. The lowest BCUT2D eigenvalue weighted by molar-refractivity contribution is -0.274. The lowest BCUT2D eigenvalue weighted by Gasteiger charge is -2.34. The SMILES string of the molecule is Cl.Cl.FC(F)(F)Oc1ccc([C@@H](c2cc(Br)c(Br)s2)N2CCNCC2)cc1. The number of thiophene rings is 1. The minimum absolute atomic E-state index is 0. The van der Waals surface area contributed by atoms with Gasteiger partial charge in [-0.1, -0.05) is 12.1 Å². The van der Waals surface area contributed by atoms with E-state index in [2.05, 4.69) is 52.9 Å². The zero-order valence-electron chi connectivity index (χ0n) is 13.8. The van der Waals surface area contributed by atoms with Gasteiger partial charge in [0, 0.05) is 35.5 Å². The van der Waals surface area contributed by atoms with Crippen LogP contribution in [0, 0.1) is 0 Å². The molecule has 1 N–H and O–H groups in total. The number of halogens is 7. The van der Waals surface area contributed by atoms with E-state index in [1.54, 1.807) is 23.5 Å². The molecule has 1 saturated heterocycles. The Balaban J connectivity index is 0.00000182. The number of nitrogens with zero attached hydrogens (tertiary/aromatic N) is 1. The number of hydrogen-bond donors (Lipinski definition) is 1. The molecule has 0 unspecified atom stereocenters. The molecule has 1 aromatic carbocycles. The van der Waals surface area contributed by atoms with E-state index in [0.29, 0.717) is 0 Å². The van der Waals surface area contributed by atoms with Gasteiger partial charge in [0.25, 0.3) is 0 Å². The highest BCUT2D eigenvalue weighted by atomic mass is 79.9. The van der Waals surface area contributed by atoms with Crippen LogP contribution in [-0.4, -0.2) is 37.4 Å². The first-order valence-corrected chi connectivity index (χ1v) is 9.99. The van der Waals surface area contributed by atoms with Gasteiger partial charge in [-0.15, -0.1) is 49.3 Å². The Morgan fingerprint density at radius 3 is 2.15 bits per heavy atom. The first-order chi connectivity index (χ1) is 11.8. The number of alkyl halides is 3. The van der Waals surface area contributed by atoms with Crippen molar-refractivity contribution in [3.8, 4) is 5.75 Å². The van der Waals surface area contributed by atoms with Crippen molar-refractivity contribution in [3.05, 3.63) is 49.0 Å². The summed E-state index contributed by atoms with van der Waals surface area (Å²) >= 11 is 8.66. The van der Waals surface area contributed by atoms with Crippen LogP contribution < -0.4 is 10.1 Å². The minimum Gasteiger partial charge on any atom is -0.406 e. The second kappa shape index (κ2) is 10.7. The summed E-state index contributed by atoms with van der Waals surface area (Å²) in [5.74, 6) is -0.205. The van der Waals surface area contributed by atoms with Crippen molar-refractivity contribution >= 4 is 68.0 Å². The quantitative estimate of drug-likeness (QED) is 0.486. The van der Waals surface area contributed by atoms with E-state index in [9.17, 15) is 13.2 Å². The second-order valence-corrected chi connectivity index (χ2v) is 8.83. The standard InChI is InChI=1S/C16H15Br2F3N2OS.2ClH/c17-12-9-13(25-15(12)18)14(23-7-5-22-6-8-23)10-1-3-11(4-2-10)24-16(19,20)21;;/h1-4,9,14,22H,5-8H2;2*1H/t14-;;/m0../s1. The van der Waals surface area contributed by atoms with Crippen molar-refractivity contribution in [2.45, 2.75) is 12.4 Å². The van der Waals surface area contributed by atoms with Gasteiger partial charge in [-0.2, -0.15) is 0 Å². The van der Waals surface area contributed by atoms with Crippen LogP contribution in [0.1, 0.15) is 16.5 Å². The Labute approximate surface area is 188 Å². The average molecular weight is 573 g/mol. The third kappa shape index (κ3) is 6.76. The van der Waals surface area contributed by atoms with E-state index in [1.165, 1.54) is 12.1 Å². The van der Waals surface area contributed by atoms with Gasteiger partial charge in [-0.3, -0.25) is 4.90 Å². The topological polar surface area (TPSA) is 24.5 Å². The van der Waals surface area contributed by atoms with Gasteiger partial charge in [0.15, 0.2) is 0 Å². The van der Waals surface area contributed by atoms with Gasteiger partial charge in [-0.25, -0.2) is 0 Å². The van der Waals surface area contributed by atoms with Crippen LogP contribution in [0.2, 0.25) is 0 Å². The Morgan fingerprint density at radius 2 is 1.67 bits per heavy atom. The molecule has 0 bridgehead atoms. The van der Waals surface area contributed by atoms with E-state index < -0.39 is 6.36 Å². The molecule has 27 heavy (non-hydrogen) atoms. The number of ether oxygens (including phenoxy) is 1. The van der Waals surface area contributed by atoms with Gasteiger partial charge < -0.3 is 10.1 Å². The van der Waals surface area contributed by atoms with Crippen LogP contribution >= 0.6 is 68.0 Å². The van der Waals surface area contributed by atoms with Crippen molar-refractivity contribution in [1.29, 1.82) is 0 Å². The van der Waals surface area contributed by atoms with Crippen molar-refractivity contribution < 1.29 is 17.9 Å². The number of nitrogens with one attached hydrogen (secondary N) is 1. The molecule has 0 aliphatic carbocycles. The Hall–Kier alpha value is -0.0300. The Kier molecular flexibility index (Phi) is 9.88. The summed E-state index contributed by atoms with van der Waals surface area (Å²) in [6.07, 6.45) is -4.68. The van der Waals surface area contributed by atoms with Crippen LogP contribution in [0.4, 0.5) is 13.2 Å². The summed E-state index contributed by atoms with van der Waals surface area (Å²) in [7, 11) is 0. The largest absolute Gasteiger partial charge is 0.573 e. The van der Waals surface area contributed by atoms with E-state index in [1.807, 2.05) is 0 Å². The summed E-state index contributed by atoms with van der Waals surface area (Å²) < 4.78 is 43.0. The van der Waals surface area contributed by atoms with Crippen LogP contribution in [0.15, 0.2) is 38.6 Å². The summed E-state index contributed by atoms with van der Waals surface area (Å²) in [6.45, 7) is 3.52. The van der Waals surface area contributed by atoms with E-state index in [0.717, 1.165) is 44.9 Å². The molecule has 11 heteroatoms. The van der Waals surface area contributed by atoms with Gasteiger partial charge >= 0.3 is 6.36 Å². The average Bonchev–Trinajstić information content (AvgIpc) is 2.88. The molecular weight excluding hydrogens is 556 g/mol. The lowest BCUT2D eigenvalue weighted by atomic mass is 10.0. The van der Waals surface area contributed by atoms with Crippen molar-refractivity contribution in [1.82, 2.24) is 10.2 Å². The molecule has 0 amide bonds. The maximum Gasteiger partial charge on any atom is 0.573 e. The normalized spacial score (nSPS) is 16.2. The highest BCUT2D eigenvalue weighted by Crippen LogP contribution is 2.40. The zero-order chi connectivity index (χ0) is 18.0. The molecule has 1 aliphatic heterocycles. The van der Waals surface area contributed by atoms with Crippen LogP contribution in [0.3, 0.4) is 0 Å². The van der Waals surface area contributed by atoms with Crippen LogP contribution in [0.25, 0.3) is 0 Å². The molecule has 3 rings (SSSR count). The van der Waals surface area contributed by atoms with Gasteiger partial charge in [0.2, 0.25) is 0 Å². The highest BCUT2D eigenvalue weighted by molar-refractivity contribution is 9.13. The molecule has 1 atom stereocenters. The number of piperazine rings is 1. The summed E-state index contributed by atoms with van der Waals surface area (Å²) in [6, 6.07) is 8.20. The third-order valence-electron chi connectivity index (χ3n) is 3.88.